The third-order valence-corrected chi connectivity index (χ3v) is 3.11. The second-order valence-electron chi connectivity index (χ2n) is 4.62. The van der Waals surface area contributed by atoms with Crippen molar-refractivity contribution in [2.75, 3.05) is 0 Å². The number of aromatic nitrogens is 1. The lowest BCUT2D eigenvalue weighted by atomic mass is 10.0. The number of halogens is 4. The molecule has 0 saturated carbocycles. The third kappa shape index (κ3) is 2.67. The van der Waals surface area contributed by atoms with Gasteiger partial charge in [-0.05, 0) is 24.1 Å². The molecule has 1 heterocycles. The van der Waals surface area contributed by atoms with E-state index in [0.717, 1.165) is 12.1 Å². The summed E-state index contributed by atoms with van der Waals surface area (Å²) >= 11 is 0. The lowest BCUT2D eigenvalue weighted by Crippen LogP contribution is -2.34. The van der Waals surface area contributed by atoms with Crippen LogP contribution in [-0.4, -0.2) is 22.0 Å². The summed E-state index contributed by atoms with van der Waals surface area (Å²) in [6.45, 7) is 2.22. The monoisotopic (exact) mass is 307 g/mol. The predicted molar refractivity (Wildman–Crippen MR) is 66.7 cm³/mol. The van der Waals surface area contributed by atoms with Crippen LogP contribution in [0.3, 0.4) is 0 Å². The number of alkyl halides is 4. The summed E-state index contributed by atoms with van der Waals surface area (Å²) in [6, 6.07) is 3.34. The van der Waals surface area contributed by atoms with Crippen molar-refractivity contribution in [3.8, 4) is 0 Å². The Labute approximate surface area is 116 Å². The van der Waals surface area contributed by atoms with Gasteiger partial charge in [-0.25, -0.2) is 13.6 Å². The van der Waals surface area contributed by atoms with Gasteiger partial charge in [-0.15, -0.1) is 0 Å². The second-order valence-corrected chi connectivity index (χ2v) is 4.62. The number of fused-ring (bicyclic) bond motifs is 1. The average molecular weight is 307 g/mol. The van der Waals surface area contributed by atoms with Crippen molar-refractivity contribution in [2.24, 2.45) is 0 Å². The van der Waals surface area contributed by atoms with Crippen molar-refractivity contribution < 1.29 is 27.1 Å². The first-order valence-electron chi connectivity index (χ1n) is 6.26. The molecule has 4 nitrogen and oxygen atoms in total. The number of hydrogen-bond donors (Lipinski definition) is 1. The molecule has 1 unspecified atom stereocenters. The lowest BCUT2D eigenvalue weighted by Gasteiger charge is -2.21. The maximum absolute atomic E-state index is 13.1. The number of benzene rings is 1. The molecule has 0 spiro atoms. The van der Waals surface area contributed by atoms with Crippen LogP contribution in [0.1, 0.15) is 25.0 Å². The minimum atomic E-state index is -4.58. The Morgan fingerprint density at radius 2 is 2.05 bits per heavy atom. The van der Waals surface area contributed by atoms with Crippen LogP contribution in [-0.2, 0) is 6.54 Å². The SMILES string of the molecule is CCCn1c(=O)oc2cc(C(O)C(F)(F)C(F)F)ccc21. The standard InChI is InChI=1S/C13H13F4NO3/c1-2-5-18-8-4-3-7(6-9(8)21-12(18)20)10(19)13(16,17)11(14)15/h3-4,6,10-11,19H,2,5H2,1H3. The molecule has 0 aliphatic rings. The number of aliphatic hydroxyl groups excluding tert-OH is 1. The van der Waals surface area contributed by atoms with Crippen molar-refractivity contribution in [1.82, 2.24) is 4.57 Å². The Morgan fingerprint density at radius 3 is 2.62 bits per heavy atom. The van der Waals surface area contributed by atoms with Gasteiger partial charge in [0.25, 0.3) is 0 Å². The summed E-state index contributed by atoms with van der Waals surface area (Å²) in [5.74, 6) is -5.25. The summed E-state index contributed by atoms with van der Waals surface area (Å²) < 4.78 is 56.9. The van der Waals surface area contributed by atoms with Crippen molar-refractivity contribution >= 4 is 11.1 Å². The molecule has 0 fully saturated rings. The minimum Gasteiger partial charge on any atom is -0.408 e. The normalized spacial score (nSPS) is 14.0. The van der Waals surface area contributed by atoms with Gasteiger partial charge < -0.3 is 9.52 Å². The van der Waals surface area contributed by atoms with E-state index in [0.29, 0.717) is 18.5 Å². The van der Waals surface area contributed by atoms with Crippen LogP contribution in [0, 0.1) is 0 Å². The molecule has 0 bridgehead atoms. The highest BCUT2D eigenvalue weighted by Crippen LogP contribution is 2.37. The summed E-state index contributed by atoms with van der Waals surface area (Å²) in [5.41, 5.74) is -0.113. The number of hydrogen-bond acceptors (Lipinski definition) is 3. The Kier molecular flexibility index (Phi) is 4.08. The Bertz CT molecular complexity index is 692. The summed E-state index contributed by atoms with van der Waals surface area (Å²) in [4.78, 5) is 11.6. The summed E-state index contributed by atoms with van der Waals surface area (Å²) in [6.07, 6.45) is -6.02. The van der Waals surface area contributed by atoms with Crippen LogP contribution in [0.25, 0.3) is 11.1 Å². The number of aliphatic hydroxyl groups is 1. The van der Waals surface area contributed by atoms with Gasteiger partial charge in [-0.3, -0.25) is 4.57 Å². The first kappa shape index (κ1) is 15.6. The number of nitrogens with zero attached hydrogens (tertiary/aromatic N) is 1. The van der Waals surface area contributed by atoms with Gasteiger partial charge in [0.15, 0.2) is 5.58 Å². The second kappa shape index (κ2) is 5.51. The van der Waals surface area contributed by atoms with Crippen molar-refractivity contribution in [3.63, 3.8) is 0 Å². The van der Waals surface area contributed by atoms with Crippen molar-refractivity contribution in [3.05, 3.63) is 34.3 Å². The maximum atomic E-state index is 13.1. The van der Waals surface area contributed by atoms with Gasteiger partial charge in [0.2, 0.25) is 0 Å². The van der Waals surface area contributed by atoms with Gasteiger partial charge in [-0.2, -0.15) is 8.78 Å². The summed E-state index contributed by atoms with van der Waals surface area (Å²) in [5, 5.41) is 9.40. The molecule has 2 aromatic rings. The third-order valence-electron chi connectivity index (χ3n) is 3.11. The van der Waals surface area contributed by atoms with E-state index in [9.17, 15) is 27.5 Å². The molecule has 1 atom stereocenters. The molecule has 0 aliphatic carbocycles. The fourth-order valence-electron chi connectivity index (χ4n) is 2.03. The number of aryl methyl sites for hydroxylation is 1. The topological polar surface area (TPSA) is 55.4 Å². The van der Waals surface area contributed by atoms with Crippen molar-refractivity contribution in [1.29, 1.82) is 0 Å². The van der Waals surface area contributed by atoms with Crippen LogP contribution in [0.5, 0.6) is 0 Å². The highest BCUT2D eigenvalue weighted by Gasteiger charge is 2.48. The number of rotatable bonds is 5. The molecule has 0 amide bonds. The minimum absolute atomic E-state index is 0.0323. The van der Waals surface area contributed by atoms with Gasteiger partial charge in [0.1, 0.15) is 6.10 Å². The molecule has 0 radical (unpaired) electrons. The van der Waals surface area contributed by atoms with Crippen LogP contribution in [0.15, 0.2) is 27.4 Å². The van der Waals surface area contributed by atoms with Gasteiger partial charge in [-0.1, -0.05) is 13.0 Å². The van der Waals surface area contributed by atoms with Crippen LogP contribution < -0.4 is 5.76 Å². The van der Waals surface area contributed by atoms with E-state index < -0.39 is 29.8 Å². The molecule has 116 valence electrons. The van der Waals surface area contributed by atoms with E-state index in [1.807, 2.05) is 6.92 Å². The molecule has 8 heteroatoms. The first-order chi connectivity index (χ1) is 9.78. The van der Waals surface area contributed by atoms with Crippen LogP contribution >= 0.6 is 0 Å². The quantitative estimate of drug-likeness (QED) is 0.864. The van der Waals surface area contributed by atoms with Gasteiger partial charge >= 0.3 is 18.1 Å². The molecule has 21 heavy (non-hydrogen) atoms. The molecule has 1 N–H and O–H groups in total. The molecule has 0 saturated heterocycles. The zero-order valence-electron chi connectivity index (χ0n) is 11.0. The largest absolute Gasteiger partial charge is 0.419 e. The average Bonchev–Trinajstić information content (AvgIpc) is 2.73. The molecule has 1 aromatic carbocycles. The Balaban J connectivity index is 2.47. The molecular weight excluding hydrogens is 294 g/mol. The Hall–Kier alpha value is -1.83. The highest BCUT2D eigenvalue weighted by molar-refractivity contribution is 5.74. The van der Waals surface area contributed by atoms with E-state index in [-0.39, 0.29) is 5.58 Å². The van der Waals surface area contributed by atoms with E-state index in [2.05, 4.69) is 0 Å². The van der Waals surface area contributed by atoms with Crippen LogP contribution in [0.2, 0.25) is 0 Å². The first-order valence-corrected chi connectivity index (χ1v) is 6.26. The zero-order chi connectivity index (χ0) is 15.8. The zero-order valence-corrected chi connectivity index (χ0v) is 11.0. The molecule has 2 rings (SSSR count). The molecule has 1 aromatic heterocycles. The van der Waals surface area contributed by atoms with E-state index in [1.54, 1.807) is 0 Å². The van der Waals surface area contributed by atoms with E-state index in [4.69, 9.17) is 4.42 Å². The van der Waals surface area contributed by atoms with Gasteiger partial charge in [0, 0.05) is 6.54 Å². The van der Waals surface area contributed by atoms with Crippen molar-refractivity contribution in [2.45, 2.75) is 38.3 Å². The van der Waals surface area contributed by atoms with E-state index >= 15 is 0 Å². The highest BCUT2D eigenvalue weighted by atomic mass is 19.3. The molecule has 0 aliphatic heterocycles. The summed E-state index contributed by atoms with van der Waals surface area (Å²) in [7, 11) is 0. The number of oxazole rings is 1. The fraction of sp³-hybridized carbons (Fsp3) is 0.462. The lowest BCUT2D eigenvalue weighted by molar-refractivity contribution is -0.193. The maximum Gasteiger partial charge on any atom is 0.419 e. The molecular formula is C13H13F4NO3. The smallest absolute Gasteiger partial charge is 0.408 e. The Morgan fingerprint density at radius 1 is 1.38 bits per heavy atom. The van der Waals surface area contributed by atoms with Crippen LogP contribution in [0.4, 0.5) is 17.6 Å². The van der Waals surface area contributed by atoms with E-state index in [1.165, 1.54) is 10.6 Å². The predicted octanol–water partition coefficient (Wildman–Crippen LogP) is 2.94. The fourth-order valence-corrected chi connectivity index (χ4v) is 2.03. The van der Waals surface area contributed by atoms with Gasteiger partial charge in [0.05, 0.1) is 5.52 Å².